The number of halogens is 4. The standard InChI is InChI=1S/C14H23F4N3O/c1-20-8-9-21(7-5-14(17,18)12(15)16)10-13(20)3-2-11(22)19-6-4-13/h12H,2-10H2,1H3,(H,19,22)/t13-/m1/s1. The number of piperazine rings is 1. The average molecular weight is 325 g/mol. The van der Waals surface area contributed by atoms with Crippen molar-refractivity contribution < 1.29 is 22.4 Å². The van der Waals surface area contributed by atoms with Crippen LogP contribution in [0, 0.1) is 0 Å². The van der Waals surface area contributed by atoms with Gasteiger partial charge in [-0.05, 0) is 19.9 Å². The van der Waals surface area contributed by atoms with Crippen molar-refractivity contribution >= 4 is 5.91 Å². The highest BCUT2D eigenvalue weighted by Gasteiger charge is 2.43. The Labute approximate surface area is 127 Å². The Hall–Kier alpha value is -0.890. The Morgan fingerprint density at radius 2 is 2.05 bits per heavy atom. The first-order valence-corrected chi connectivity index (χ1v) is 7.61. The Kier molecular flexibility index (Phi) is 5.32. The zero-order valence-electron chi connectivity index (χ0n) is 12.8. The molecule has 2 fully saturated rings. The van der Waals surface area contributed by atoms with E-state index in [4.69, 9.17) is 0 Å². The lowest BCUT2D eigenvalue weighted by Gasteiger charge is -2.49. The van der Waals surface area contributed by atoms with E-state index in [2.05, 4.69) is 10.2 Å². The van der Waals surface area contributed by atoms with Crippen LogP contribution in [-0.4, -0.2) is 73.4 Å². The molecule has 1 spiro atoms. The number of carbonyl (C=O) groups is 1. The Morgan fingerprint density at radius 3 is 2.73 bits per heavy atom. The lowest BCUT2D eigenvalue weighted by molar-refractivity contribution is -0.138. The van der Waals surface area contributed by atoms with Crippen LogP contribution in [-0.2, 0) is 4.79 Å². The maximum atomic E-state index is 13.1. The minimum atomic E-state index is -3.93. The molecular weight excluding hydrogens is 302 g/mol. The molecule has 22 heavy (non-hydrogen) atoms. The second-order valence-corrected chi connectivity index (χ2v) is 6.33. The molecule has 1 amide bonds. The van der Waals surface area contributed by atoms with Crippen LogP contribution in [0.25, 0.3) is 0 Å². The maximum Gasteiger partial charge on any atom is 0.308 e. The molecule has 128 valence electrons. The Bertz CT molecular complexity index is 408. The molecule has 0 aromatic rings. The lowest BCUT2D eigenvalue weighted by Crippen LogP contribution is -2.61. The van der Waals surface area contributed by atoms with Gasteiger partial charge in [0.25, 0.3) is 0 Å². The van der Waals surface area contributed by atoms with Gasteiger partial charge in [0.1, 0.15) is 0 Å². The van der Waals surface area contributed by atoms with Gasteiger partial charge in [-0.3, -0.25) is 14.6 Å². The molecule has 0 radical (unpaired) electrons. The largest absolute Gasteiger partial charge is 0.356 e. The van der Waals surface area contributed by atoms with E-state index in [1.165, 1.54) is 0 Å². The smallest absolute Gasteiger partial charge is 0.308 e. The fraction of sp³-hybridized carbons (Fsp3) is 0.929. The van der Waals surface area contributed by atoms with E-state index in [0.29, 0.717) is 39.0 Å². The minimum absolute atomic E-state index is 0.00614. The van der Waals surface area contributed by atoms with E-state index in [0.717, 1.165) is 6.42 Å². The number of hydrogen-bond acceptors (Lipinski definition) is 3. The first kappa shape index (κ1) is 17.5. The average Bonchev–Trinajstić information content (AvgIpc) is 2.63. The molecule has 0 unspecified atom stereocenters. The number of amides is 1. The van der Waals surface area contributed by atoms with Crippen molar-refractivity contribution in [1.29, 1.82) is 0 Å². The summed E-state index contributed by atoms with van der Waals surface area (Å²) in [4.78, 5) is 15.5. The number of hydrogen-bond donors (Lipinski definition) is 1. The van der Waals surface area contributed by atoms with E-state index in [-0.39, 0.29) is 18.0 Å². The van der Waals surface area contributed by atoms with Crippen LogP contribution < -0.4 is 5.32 Å². The van der Waals surface area contributed by atoms with Gasteiger partial charge in [0.15, 0.2) is 0 Å². The summed E-state index contributed by atoms with van der Waals surface area (Å²) in [7, 11) is 1.97. The van der Waals surface area contributed by atoms with Gasteiger partial charge in [-0.1, -0.05) is 0 Å². The predicted octanol–water partition coefficient (Wildman–Crippen LogP) is 1.56. The number of nitrogens with zero attached hydrogens (tertiary/aromatic N) is 2. The van der Waals surface area contributed by atoms with Crippen molar-refractivity contribution in [2.24, 2.45) is 0 Å². The van der Waals surface area contributed by atoms with E-state index < -0.39 is 18.8 Å². The summed E-state index contributed by atoms with van der Waals surface area (Å²) in [5, 5.41) is 2.82. The van der Waals surface area contributed by atoms with E-state index >= 15 is 0 Å². The van der Waals surface area contributed by atoms with Crippen LogP contribution in [0.3, 0.4) is 0 Å². The van der Waals surface area contributed by atoms with Crippen LogP contribution in [0.2, 0.25) is 0 Å². The van der Waals surface area contributed by atoms with Gasteiger partial charge in [-0.25, -0.2) is 17.6 Å². The third-order valence-electron chi connectivity index (χ3n) is 4.89. The molecule has 2 aliphatic rings. The molecule has 0 aromatic heterocycles. The number of alkyl halides is 4. The second-order valence-electron chi connectivity index (χ2n) is 6.33. The van der Waals surface area contributed by atoms with Gasteiger partial charge in [0, 0.05) is 51.1 Å². The SMILES string of the molecule is CN1CCN(CCC(F)(F)C(F)F)C[C@@]12CCNC(=O)CC2. The van der Waals surface area contributed by atoms with Crippen molar-refractivity contribution in [2.75, 3.05) is 39.8 Å². The minimum Gasteiger partial charge on any atom is -0.356 e. The molecule has 2 heterocycles. The molecule has 2 rings (SSSR count). The summed E-state index contributed by atoms with van der Waals surface area (Å²) in [5.74, 6) is -3.93. The highest BCUT2D eigenvalue weighted by molar-refractivity contribution is 5.76. The zero-order valence-corrected chi connectivity index (χ0v) is 12.8. The van der Waals surface area contributed by atoms with Gasteiger partial charge in [-0.15, -0.1) is 0 Å². The molecule has 2 aliphatic heterocycles. The molecule has 1 atom stereocenters. The number of likely N-dealkylation sites (N-methyl/N-ethyl adjacent to an activating group) is 1. The van der Waals surface area contributed by atoms with Crippen molar-refractivity contribution in [3.8, 4) is 0 Å². The highest BCUT2D eigenvalue weighted by Crippen LogP contribution is 2.32. The molecule has 2 saturated heterocycles. The fourth-order valence-electron chi connectivity index (χ4n) is 3.29. The van der Waals surface area contributed by atoms with Crippen LogP contribution >= 0.6 is 0 Å². The third-order valence-corrected chi connectivity index (χ3v) is 4.89. The second kappa shape index (κ2) is 6.70. The number of rotatable bonds is 4. The van der Waals surface area contributed by atoms with Gasteiger partial charge >= 0.3 is 12.3 Å². The van der Waals surface area contributed by atoms with Crippen LogP contribution in [0.4, 0.5) is 17.6 Å². The number of carbonyl (C=O) groups excluding carboxylic acids is 1. The monoisotopic (exact) mass is 325 g/mol. The van der Waals surface area contributed by atoms with Gasteiger partial charge in [-0.2, -0.15) is 0 Å². The van der Waals surface area contributed by atoms with Gasteiger partial charge in [0.2, 0.25) is 5.91 Å². The summed E-state index contributed by atoms with van der Waals surface area (Å²) in [6, 6.07) is 0. The topological polar surface area (TPSA) is 35.6 Å². The zero-order chi connectivity index (χ0) is 16.4. The summed E-state index contributed by atoms with van der Waals surface area (Å²) >= 11 is 0. The van der Waals surface area contributed by atoms with Gasteiger partial charge in [0.05, 0.1) is 0 Å². The number of nitrogens with one attached hydrogen (secondary N) is 1. The van der Waals surface area contributed by atoms with Crippen LogP contribution in [0.15, 0.2) is 0 Å². The highest BCUT2D eigenvalue weighted by atomic mass is 19.3. The lowest BCUT2D eigenvalue weighted by atomic mass is 9.86. The molecule has 1 N–H and O–H groups in total. The quantitative estimate of drug-likeness (QED) is 0.797. The van der Waals surface area contributed by atoms with Gasteiger partial charge < -0.3 is 5.32 Å². The van der Waals surface area contributed by atoms with Crippen molar-refractivity contribution in [2.45, 2.75) is 43.6 Å². The molecule has 0 aromatic carbocycles. The van der Waals surface area contributed by atoms with Crippen molar-refractivity contribution in [3.05, 3.63) is 0 Å². The summed E-state index contributed by atoms with van der Waals surface area (Å²) in [6.07, 6.45) is -2.63. The third kappa shape index (κ3) is 3.90. The summed E-state index contributed by atoms with van der Waals surface area (Å²) in [6.45, 7) is 2.32. The van der Waals surface area contributed by atoms with E-state index in [9.17, 15) is 22.4 Å². The Morgan fingerprint density at radius 1 is 1.32 bits per heavy atom. The first-order valence-electron chi connectivity index (χ1n) is 7.61. The van der Waals surface area contributed by atoms with Crippen LogP contribution in [0.5, 0.6) is 0 Å². The van der Waals surface area contributed by atoms with E-state index in [1.807, 2.05) is 11.9 Å². The predicted molar refractivity (Wildman–Crippen MR) is 74.2 cm³/mol. The van der Waals surface area contributed by atoms with Crippen LogP contribution in [0.1, 0.15) is 25.7 Å². The molecule has 8 heteroatoms. The fourth-order valence-corrected chi connectivity index (χ4v) is 3.29. The Balaban J connectivity index is 1.97. The summed E-state index contributed by atoms with van der Waals surface area (Å²) in [5.41, 5.74) is -0.239. The molecule has 0 saturated carbocycles. The van der Waals surface area contributed by atoms with Crippen molar-refractivity contribution in [1.82, 2.24) is 15.1 Å². The maximum absolute atomic E-state index is 13.1. The molecule has 4 nitrogen and oxygen atoms in total. The molecule has 0 aliphatic carbocycles. The summed E-state index contributed by atoms with van der Waals surface area (Å²) < 4.78 is 50.7. The normalized spacial score (nSPS) is 28.9. The first-order chi connectivity index (χ1) is 10.3. The molecule has 0 bridgehead atoms. The van der Waals surface area contributed by atoms with E-state index in [1.54, 1.807) is 0 Å². The molecular formula is C14H23F4N3O. The van der Waals surface area contributed by atoms with Crippen molar-refractivity contribution in [3.63, 3.8) is 0 Å².